The van der Waals surface area contributed by atoms with E-state index in [2.05, 4.69) is 31.3 Å². The quantitative estimate of drug-likeness (QED) is 0.808. The van der Waals surface area contributed by atoms with Gasteiger partial charge in [-0.1, -0.05) is 45.0 Å². The van der Waals surface area contributed by atoms with E-state index in [1.165, 1.54) is 5.56 Å². The molecule has 0 saturated carbocycles. The molecule has 21 heavy (non-hydrogen) atoms. The van der Waals surface area contributed by atoms with Gasteiger partial charge < -0.3 is 10.4 Å². The summed E-state index contributed by atoms with van der Waals surface area (Å²) in [6.07, 6.45) is 0.256. The average molecular weight is 291 g/mol. The smallest absolute Gasteiger partial charge is 0.303 e. The van der Waals surface area contributed by atoms with Gasteiger partial charge in [0.05, 0.1) is 6.04 Å². The van der Waals surface area contributed by atoms with E-state index in [0.717, 1.165) is 5.56 Å². The molecule has 0 radical (unpaired) electrons. The van der Waals surface area contributed by atoms with Gasteiger partial charge in [0, 0.05) is 12.8 Å². The fraction of sp³-hybridized carbons (Fsp3) is 0.529. The topological polar surface area (TPSA) is 66.4 Å². The van der Waals surface area contributed by atoms with Crippen LogP contribution in [0.25, 0.3) is 0 Å². The minimum Gasteiger partial charge on any atom is -0.481 e. The third-order valence-electron chi connectivity index (χ3n) is 3.54. The van der Waals surface area contributed by atoms with Crippen molar-refractivity contribution in [3.8, 4) is 0 Å². The minimum absolute atomic E-state index is 0.0187. The Hall–Kier alpha value is -1.84. The van der Waals surface area contributed by atoms with Crippen molar-refractivity contribution < 1.29 is 14.7 Å². The maximum atomic E-state index is 11.9. The summed E-state index contributed by atoms with van der Waals surface area (Å²) in [5.41, 5.74) is 2.32. The van der Waals surface area contributed by atoms with Gasteiger partial charge in [-0.05, 0) is 29.9 Å². The maximum absolute atomic E-state index is 11.9. The third-order valence-corrected chi connectivity index (χ3v) is 3.54. The molecule has 4 nitrogen and oxygen atoms in total. The number of benzene rings is 1. The van der Waals surface area contributed by atoms with Gasteiger partial charge in [-0.2, -0.15) is 0 Å². The van der Waals surface area contributed by atoms with Gasteiger partial charge in [-0.25, -0.2) is 0 Å². The number of hydrogen-bond donors (Lipinski definition) is 2. The summed E-state index contributed by atoms with van der Waals surface area (Å²) in [7, 11) is 0. The minimum atomic E-state index is -0.868. The Kier molecular flexibility index (Phi) is 6.40. The first-order valence-corrected chi connectivity index (χ1v) is 7.40. The number of carboxylic acid groups (broad SMARTS) is 1. The zero-order chi connectivity index (χ0) is 16.0. The van der Waals surface area contributed by atoms with E-state index in [1.807, 2.05) is 19.1 Å². The molecule has 0 aliphatic rings. The molecule has 0 aliphatic carbocycles. The predicted octanol–water partition coefficient (Wildman–Crippen LogP) is 3.49. The molecule has 0 aliphatic heterocycles. The average Bonchev–Trinajstić information content (AvgIpc) is 2.37. The molecule has 1 amide bonds. The van der Waals surface area contributed by atoms with E-state index < -0.39 is 5.97 Å². The van der Waals surface area contributed by atoms with Crippen LogP contribution in [0.3, 0.4) is 0 Å². The Balaban J connectivity index is 2.54. The monoisotopic (exact) mass is 291 g/mol. The van der Waals surface area contributed by atoms with Crippen molar-refractivity contribution in [2.45, 2.75) is 52.5 Å². The lowest BCUT2D eigenvalue weighted by Crippen LogP contribution is -2.28. The molecule has 0 aromatic heterocycles. The van der Waals surface area contributed by atoms with Crippen LogP contribution >= 0.6 is 0 Å². The summed E-state index contributed by atoms with van der Waals surface area (Å²) >= 11 is 0. The number of carboxylic acids is 1. The van der Waals surface area contributed by atoms with Gasteiger partial charge in [0.15, 0.2) is 0 Å². The molecular weight excluding hydrogens is 266 g/mol. The predicted molar refractivity (Wildman–Crippen MR) is 83.1 cm³/mol. The first-order valence-electron chi connectivity index (χ1n) is 7.40. The van der Waals surface area contributed by atoms with Crippen molar-refractivity contribution in [1.82, 2.24) is 5.32 Å². The first kappa shape index (κ1) is 17.2. The molecule has 0 spiro atoms. The Morgan fingerprint density at radius 3 is 2.00 bits per heavy atom. The SMILES string of the molecule is CC(CC(=O)O)CC(=O)NC(C)c1ccc(C(C)C)cc1. The lowest BCUT2D eigenvalue weighted by atomic mass is 9.99. The zero-order valence-electron chi connectivity index (χ0n) is 13.2. The normalized spacial score (nSPS) is 13.8. The molecule has 4 heteroatoms. The maximum Gasteiger partial charge on any atom is 0.303 e. The fourth-order valence-corrected chi connectivity index (χ4v) is 2.24. The van der Waals surface area contributed by atoms with Crippen LogP contribution in [0.1, 0.15) is 63.6 Å². The summed E-state index contributed by atoms with van der Waals surface area (Å²) in [4.78, 5) is 22.5. The molecule has 1 aromatic carbocycles. The number of carbonyl (C=O) groups excluding carboxylic acids is 1. The molecule has 1 aromatic rings. The second-order valence-corrected chi connectivity index (χ2v) is 6.02. The van der Waals surface area contributed by atoms with Crippen LogP contribution in [0.4, 0.5) is 0 Å². The molecule has 0 fully saturated rings. The van der Waals surface area contributed by atoms with Crippen LogP contribution in [0.5, 0.6) is 0 Å². The standard InChI is InChI=1S/C17H25NO3/c1-11(2)14-5-7-15(8-6-14)13(4)18-16(19)9-12(3)10-17(20)21/h5-8,11-13H,9-10H2,1-4H3,(H,18,19)(H,20,21). The van der Waals surface area contributed by atoms with Crippen LogP contribution in [-0.4, -0.2) is 17.0 Å². The highest BCUT2D eigenvalue weighted by molar-refractivity contribution is 5.77. The summed E-state index contributed by atoms with van der Waals surface area (Å²) < 4.78 is 0. The van der Waals surface area contributed by atoms with Crippen molar-refractivity contribution in [2.75, 3.05) is 0 Å². The van der Waals surface area contributed by atoms with E-state index in [-0.39, 0.29) is 30.7 Å². The Morgan fingerprint density at radius 1 is 1.00 bits per heavy atom. The van der Waals surface area contributed by atoms with Gasteiger partial charge in [0.25, 0.3) is 0 Å². The summed E-state index contributed by atoms with van der Waals surface area (Å²) in [6, 6.07) is 8.14. The van der Waals surface area contributed by atoms with Crippen LogP contribution in [0.15, 0.2) is 24.3 Å². The van der Waals surface area contributed by atoms with E-state index >= 15 is 0 Å². The molecule has 1 rings (SSSR count). The number of aliphatic carboxylic acids is 1. The molecular formula is C17H25NO3. The number of amides is 1. The van der Waals surface area contributed by atoms with Crippen molar-refractivity contribution >= 4 is 11.9 Å². The van der Waals surface area contributed by atoms with Crippen LogP contribution < -0.4 is 5.32 Å². The van der Waals surface area contributed by atoms with Gasteiger partial charge in [-0.15, -0.1) is 0 Å². The first-order chi connectivity index (χ1) is 9.79. The highest BCUT2D eigenvalue weighted by Crippen LogP contribution is 2.19. The lowest BCUT2D eigenvalue weighted by molar-refractivity contribution is -0.138. The van der Waals surface area contributed by atoms with E-state index in [4.69, 9.17) is 5.11 Å². The molecule has 2 atom stereocenters. The molecule has 0 saturated heterocycles. The number of rotatable bonds is 7. The van der Waals surface area contributed by atoms with Crippen molar-refractivity contribution in [1.29, 1.82) is 0 Å². The number of nitrogens with one attached hydrogen (secondary N) is 1. The second-order valence-electron chi connectivity index (χ2n) is 6.02. The van der Waals surface area contributed by atoms with Crippen LogP contribution in [0, 0.1) is 5.92 Å². The zero-order valence-corrected chi connectivity index (χ0v) is 13.2. The largest absolute Gasteiger partial charge is 0.481 e. The number of carbonyl (C=O) groups is 2. The number of hydrogen-bond acceptors (Lipinski definition) is 2. The highest BCUT2D eigenvalue weighted by atomic mass is 16.4. The third kappa shape index (κ3) is 5.98. The van der Waals surface area contributed by atoms with Crippen molar-refractivity contribution in [3.63, 3.8) is 0 Å². The summed E-state index contributed by atoms with van der Waals surface area (Å²) in [5, 5.41) is 11.6. The summed E-state index contributed by atoms with van der Waals surface area (Å²) in [6.45, 7) is 7.99. The Morgan fingerprint density at radius 2 is 1.52 bits per heavy atom. The fourth-order valence-electron chi connectivity index (χ4n) is 2.24. The van der Waals surface area contributed by atoms with Gasteiger partial charge in [0.2, 0.25) is 5.91 Å². The van der Waals surface area contributed by atoms with Gasteiger partial charge >= 0.3 is 5.97 Å². The van der Waals surface area contributed by atoms with Gasteiger partial charge in [-0.3, -0.25) is 9.59 Å². The lowest BCUT2D eigenvalue weighted by Gasteiger charge is -2.17. The second kappa shape index (κ2) is 7.81. The molecule has 2 N–H and O–H groups in total. The van der Waals surface area contributed by atoms with Gasteiger partial charge in [0.1, 0.15) is 0 Å². The van der Waals surface area contributed by atoms with E-state index in [0.29, 0.717) is 5.92 Å². The highest BCUT2D eigenvalue weighted by Gasteiger charge is 2.15. The van der Waals surface area contributed by atoms with Crippen LogP contribution in [0.2, 0.25) is 0 Å². The van der Waals surface area contributed by atoms with Crippen LogP contribution in [-0.2, 0) is 9.59 Å². The Bertz CT molecular complexity index is 479. The molecule has 0 heterocycles. The van der Waals surface area contributed by atoms with E-state index in [1.54, 1.807) is 6.92 Å². The molecule has 2 unspecified atom stereocenters. The van der Waals surface area contributed by atoms with E-state index in [9.17, 15) is 9.59 Å². The molecule has 0 bridgehead atoms. The van der Waals surface area contributed by atoms with Crippen molar-refractivity contribution in [2.24, 2.45) is 5.92 Å². The summed E-state index contributed by atoms with van der Waals surface area (Å²) in [5.74, 6) is -0.643. The molecule has 116 valence electrons. The van der Waals surface area contributed by atoms with Crippen molar-refractivity contribution in [3.05, 3.63) is 35.4 Å². The Labute approximate surface area is 126 Å².